The van der Waals surface area contributed by atoms with Crippen molar-refractivity contribution in [3.63, 3.8) is 0 Å². The van der Waals surface area contributed by atoms with Crippen molar-refractivity contribution in [2.75, 3.05) is 39.5 Å². The summed E-state index contributed by atoms with van der Waals surface area (Å²) in [6.07, 6.45) is 7.35. The van der Waals surface area contributed by atoms with E-state index in [1.165, 1.54) is 37.8 Å². The molecule has 5 aliphatic rings. The number of benzene rings is 1. The first-order valence-electron chi connectivity index (χ1n) is 13.0. The Hall–Kier alpha value is -1.66. The maximum absolute atomic E-state index is 14.9. The van der Waals surface area contributed by atoms with E-state index in [-0.39, 0.29) is 17.2 Å². The minimum atomic E-state index is -0.417. The standard InChI is InChI=1S/C27H36FNO4/c1-2-27(16-20-14-21(27)25-18-4-3-17(13-18)24(20)25)33-23-15-19(5-6-22(23)28)26(30)32-12-9-29-7-10-31-11-8-29/h5-6,15,17-18,20-21,24-25H,2-4,7-14,16H2,1H3. The molecule has 1 aliphatic heterocycles. The number of morpholine rings is 1. The number of carbonyl (C=O) groups excluding carboxylic acids is 1. The summed E-state index contributed by atoms with van der Waals surface area (Å²) in [4.78, 5) is 14.9. The summed E-state index contributed by atoms with van der Waals surface area (Å²) in [5.41, 5.74) is 0.0660. The number of halogens is 1. The topological polar surface area (TPSA) is 48.0 Å². The summed E-state index contributed by atoms with van der Waals surface area (Å²) >= 11 is 0. The third kappa shape index (κ3) is 3.68. The highest BCUT2D eigenvalue weighted by Gasteiger charge is 2.67. The fraction of sp³-hybridized carbons (Fsp3) is 0.741. The highest BCUT2D eigenvalue weighted by molar-refractivity contribution is 5.89. The SMILES string of the molecule is CCC1(Oc2cc(C(=O)OCCN3CCOCC3)ccc2F)CC2CC1C1C3CCC(C3)C21. The monoisotopic (exact) mass is 457 g/mol. The van der Waals surface area contributed by atoms with Crippen molar-refractivity contribution in [1.29, 1.82) is 0 Å². The van der Waals surface area contributed by atoms with Crippen LogP contribution in [0.25, 0.3) is 0 Å². The predicted molar refractivity (Wildman–Crippen MR) is 122 cm³/mol. The van der Waals surface area contributed by atoms with E-state index < -0.39 is 5.97 Å². The molecule has 0 amide bonds. The molecule has 0 radical (unpaired) electrons. The molecule has 0 spiro atoms. The summed E-state index contributed by atoms with van der Waals surface area (Å²) in [7, 11) is 0. The van der Waals surface area contributed by atoms with Crippen LogP contribution in [-0.4, -0.2) is 55.9 Å². The van der Waals surface area contributed by atoms with Gasteiger partial charge >= 0.3 is 5.97 Å². The van der Waals surface area contributed by atoms with Crippen LogP contribution in [0, 0.1) is 41.3 Å². The summed E-state index contributed by atoms with van der Waals surface area (Å²) < 4.78 is 32.3. The molecule has 5 fully saturated rings. The molecule has 7 unspecified atom stereocenters. The lowest BCUT2D eigenvalue weighted by Gasteiger charge is -2.46. The molecule has 7 atom stereocenters. The quantitative estimate of drug-likeness (QED) is 0.444. The van der Waals surface area contributed by atoms with Crippen LogP contribution in [0.2, 0.25) is 0 Å². The van der Waals surface area contributed by atoms with Gasteiger partial charge in [-0.05, 0) is 86.3 Å². The van der Waals surface area contributed by atoms with Gasteiger partial charge < -0.3 is 14.2 Å². The third-order valence-electron chi connectivity index (χ3n) is 9.72. The van der Waals surface area contributed by atoms with Crippen LogP contribution in [0.15, 0.2) is 18.2 Å². The zero-order valence-electron chi connectivity index (χ0n) is 19.6. The van der Waals surface area contributed by atoms with Gasteiger partial charge in [-0.3, -0.25) is 4.90 Å². The van der Waals surface area contributed by atoms with Crippen molar-refractivity contribution in [2.24, 2.45) is 35.5 Å². The highest BCUT2D eigenvalue weighted by Crippen LogP contribution is 2.70. The number of hydrogen-bond donors (Lipinski definition) is 0. The number of carbonyl (C=O) groups is 1. The van der Waals surface area contributed by atoms with Crippen molar-refractivity contribution < 1.29 is 23.4 Å². The molecule has 0 N–H and O–H groups in total. The Morgan fingerprint density at radius 1 is 1.15 bits per heavy atom. The Morgan fingerprint density at radius 2 is 1.94 bits per heavy atom. The van der Waals surface area contributed by atoms with Gasteiger partial charge in [-0.2, -0.15) is 0 Å². The van der Waals surface area contributed by atoms with Crippen LogP contribution in [0.3, 0.4) is 0 Å². The van der Waals surface area contributed by atoms with Crippen LogP contribution >= 0.6 is 0 Å². The van der Waals surface area contributed by atoms with E-state index in [2.05, 4.69) is 11.8 Å². The molecule has 4 bridgehead atoms. The molecule has 1 saturated heterocycles. The average Bonchev–Trinajstić information content (AvgIpc) is 3.61. The molecule has 4 saturated carbocycles. The van der Waals surface area contributed by atoms with Gasteiger partial charge in [0, 0.05) is 25.6 Å². The van der Waals surface area contributed by atoms with Crippen molar-refractivity contribution in [3.8, 4) is 5.75 Å². The molecular formula is C27H36FNO4. The number of nitrogens with zero attached hydrogens (tertiary/aromatic N) is 1. The summed E-state index contributed by atoms with van der Waals surface area (Å²) in [6.45, 7) is 6.35. The van der Waals surface area contributed by atoms with E-state index in [0.717, 1.165) is 68.7 Å². The van der Waals surface area contributed by atoms with Crippen molar-refractivity contribution in [2.45, 2.75) is 51.0 Å². The number of hydrogen-bond acceptors (Lipinski definition) is 5. The zero-order chi connectivity index (χ0) is 22.6. The smallest absolute Gasteiger partial charge is 0.338 e. The minimum absolute atomic E-state index is 0.215. The first-order valence-corrected chi connectivity index (χ1v) is 13.0. The van der Waals surface area contributed by atoms with Crippen LogP contribution in [-0.2, 0) is 9.47 Å². The van der Waals surface area contributed by atoms with Crippen molar-refractivity contribution in [3.05, 3.63) is 29.6 Å². The maximum Gasteiger partial charge on any atom is 0.338 e. The van der Waals surface area contributed by atoms with E-state index in [0.29, 0.717) is 24.6 Å². The second-order valence-corrected chi connectivity index (χ2v) is 11.0. The fourth-order valence-electron chi connectivity index (χ4n) is 8.40. The maximum atomic E-state index is 14.9. The molecule has 33 heavy (non-hydrogen) atoms. The van der Waals surface area contributed by atoms with Gasteiger partial charge in [0.25, 0.3) is 0 Å². The Balaban J connectivity index is 1.14. The van der Waals surface area contributed by atoms with Crippen LogP contribution in [0.4, 0.5) is 4.39 Å². The predicted octanol–water partition coefficient (Wildman–Crippen LogP) is 4.54. The number of ether oxygens (including phenoxy) is 3. The van der Waals surface area contributed by atoms with E-state index in [4.69, 9.17) is 14.2 Å². The zero-order valence-corrected chi connectivity index (χ0v) is 19.6. The minimum Gasteiger partial charge on any atom is -0.484 e. The molecule has 1 heterocycles. The molecule has 5 nitrogen and oxygen atoms in total. The Bertz CT molecular complexity index is 902. The second-order valence-electron chi connectivity index (χ2n) is 11.0. The molecule has 180 valence electrons. The van der Waals surface area contributed by atoms with Gasteiger partial charge in [0.2, 0.25) is 0 Å². The van der Waals surface area contributed by atoms with Crippen molar-refractivity contribution in [1.82, 2.24) is 4.90 Å². The van der Waals surface area contributed by atoms with E-state index in [1.54, 1.807) is 6.07 Å². The molecular weight excluding hydrogens is 421 g/mol. The molecule has 4 aliphatic carbocycles. The fourth-order valence-corrected chi connectivity index (χ4v) is 8.40. The van der Waals surface area contributed by atoms with Crippen LogP contribution < -0.4 is 4.74 Å². The lowest BCUT2D eigenvalue weighted by atomic mass is 9.65. The first kappa shape index (κ1) is 21.8. The first-order chi connectivity index (χ1) is 16.1. The Kier molecular flexibility index (Phi) is 5.65. The number of esters is 1. The summed E-state index contributed by atoms with van der Waals surface area (Å²) in [5, 5.41) is 0. The van der Waals surface area contributed by atoms with Crippen LogP contribution in [0.1, 0.15) is 55.8 Å². The van der Waals surface area contributed by atoms with Gasteiger partial charge in [-0.1, -0.05) is 6.92 Å². The average molecular weight is 458 g/mol. The number of fused-ring (bicyclic) bond motifs is 9. The number of rotatable bonds is 7. The molecule has 6 heteroatoms. The Morgan fingerprint density at radius 3 is 2.73 bits per heavy atom. The summed E-state index contributed by atoms with van der Waals surface area (Å²) in [5.74, 6) is 4.09. The van der Waals surface area contributed by atoms with E-state index in [1.807, 2.05) is 0 Å². The van der Waals surface area contributed by atoms with E-state index in [9.17, 15) is 9.18 Å². The lowest BCUT2D eigenvalue weighted by molar-refractivity contribution is -0.0485. The van der Waals surface area contributed by atoms with Gasteiger partial charge in [0.15, 0.2) is 11.6 Å². The highest BCUT2D eigenvalue weighted by atomic mass is 19.1. The second kappa shape index (κ2) is 8.53. The third-order valence-corrected chi connectivity index (χ3v) is 9.72. The molecule has 1 aromatic carbocycles. The summed E-state index contributed by atoms with van der Waals surface area (Å²) in [6, 6.07) is 4.42. The normalized spacial score (nSPS) is 39.1. The van der Waals surface area contributed by atoms with Crippen molar-refractivity contribution >= 4 is 5.97 Å². The van der Waals surface area contributed by atoms with Gasteiger partial charge in [0.1, 0.15) is 12.2 Å². The van der Waals surface area contributed by atoms with Gasteiger partial charge in [0.05, 0.1) is 18.8 Å². The Labute approximate surface area is 195 Å². The van der Waals surface area contributed by atoms with Crippen LogP contribution in [0.5, 0.6) is 5.75 Å². The largest absolute Gasteiger partial charge is 0.484 e. The van der Waals surface area contributed by atoms with Gasteiger partial charge in [-0.15, -0.1) is 0 Å². The molecule has 6 rings (SSSR count). The lowest BCUT2D eigenvalue weighted by Crippen LogP contribution is -2.48. The van der Waals surface area contributed by atoms with Gasteiger partial charge in [-0.25, -0.2) is 9.18 Å². The van der Waals surface area contributed by atoms with E-state index >= 15 is 0 Å². The molecule has 0 aromatic heterocycles. The molecule has 1 aromatic rings.